The first-order valence-corrected chi connectivity index (χ1v) is 13.8. The number of ether oxygens (including phenoxy) is 1. The molecule has 8 nitrogen and oxygen atoms in total. The molecule has 0 bridgehead atoms. The maximum atomic E-state index is 12.9. The largest absolute Gasteiger partial charge is 0.462 e. The van der Waals surface area contributed by atoms with Crippen LogP contribution in [0.15, 0.2) is 88.7 Å². The molecule has 35 heavy (non-hydrogen) atoms. The van der Waals surface area contributed by atoms with Crippen LogP contribution in [0.3, 0.4) is 0 Å². The molecule has 0 unspecified atom stereocenters. The third-order valence-electron chi connectivity index (χ3n) is 5.34. The maximum Gasteiger partial charge on any atom is 0.338 e. The van der Waals surface area contributed by atoms with Gasteiger partial charge in [-0.1, -0.05) is 48.0 Å². The Balaban J connectivity index is 1.69. The number of esters is 1. The van der Waals surface area contributed by atoms with Gasteiger partial charge in [0.15, 0.2) is 0 Å². The summed E-state index contributed by atoms with van der Waals surface area (Å²) in [4.78, 5) is 12.7. The van der Waals surface area contributed by atoms with Gasteiger partial charge in [-0.25, -0.2) is 30.7 Å². The molecule has 0 aliphatic heterocycles. The average molecular weight is 517 g/mol. The van der Waals surface area contributed by atoms with Crippen molar-refractivity contribution in [1.29, 1.82) is 0 Å². The second-order valence-electron chi connectivity index (χ2n) is 8.13. The molecule has 1 atom stereocenters. The molecule has 10 heteroatoms. The van der Waals surface area contributed by atoms with Crippen LogP contribution in [-0.4, -0.2) is 47.8 Å². The summed E-state index contributed by atoms with van der Waals surface area (Å²) in [5.74, 6) is -0.632. The quantitative estimate of drug-likeness (QED) is 0.413. The van der Waals surface area contributed by atoms with Crippen LogP contribution in [0.1, 0.15) is 33.9 Å². The van der Waals surface area contributed by atoms with Crippen LogP contribution in [0.2, 0.25) is 0 Å². The smallest absolute Gasteiger partial charge is 0.338 e. The molecule has 186 valence electrons. The summed E-state index contributed by atoms with van der Waals surface area (Å²) in [5, 5.41) is 0. The Bertz CT molecular complexity index is 1350. The second kappa shape index (κ2) is 11.1. The standard InChI is InChI=1S/C25H28N2O6S2/c1-19-9-13-22(14-10-19)34(29,30)26-24(20-7-5-4-6-8-20)17-18-33-25(28)21-11-15-23(16-12-21)35(31,32)27(2)3/h4-16,24,26H,17-18H2,1-3H3/t24-/m1/s1. The monoisotopic (exact) mass is 516 g/mol. The van der Waals surface area contributed by atoms with Crippen molar-refractivity contribution in [3.63, 3.8) is 0 Å². The molecule has 0 spiro atoms. The molecule has 0 heterocycles. The van der Waals surface area contributed by atoms with E-state index in [4.69, 9.17) is 4.74 Å². The van der Waals surface area contributed by atoms with Crippen molar-refractivity contribution in [2.24, 2.45) is 0 Å². The Labute approximate surface area is 206 Å². The van der Waals surface area contributed by atoms with Crippen LogP contribution >= 0.6 is 0 Å². The van der Waals surface area contributed by atoms with Crippen molar-refractivity contribution in [2.75, 3.05) is 20.7 Å². The summed E-state index contributed by atoms with van der Waals surface area (Å²) < 4.78 is 59.4. The highest BCUT2D eigenvalue weighted by Gasteiger charge is 2.22. The van der Waals surface area contributed by atoms with Crippen molar-refractivity contribution >= 4 is 26.0 Å². The molecule has 0 amide bonds. The molecule has 0 saturated heterocycles. The molecule has 0 radical (unpaired) electrons. The molecule has 0 aliphatic rings. The van der Waals surface area contributed by atoms with Gasteiger partial charge in [-0.15, -0.1) is 0 Å². The minimum Gasteiger partial charge on any atom is -0.462 e. The zero-order valence-electron chi connectivity index (χ0n) is 19.7. The Morgan fingerprint density at radius 2 is 1.43 bits per heavy atom. The molecule has 0 aliphatic carbocycles. The zero-order chi connectivity index (χ0) is 25.6. The highest BCUT2D eigenvalue weighted by atomic mass is 32.2. The summed E-state index contributed by atoms with van der Waals surface area (Å²) in [6.45, 7) is 1.83. The van der Waals surface area contributed by atoms with E-state index in [1.807, 2.05) is 13.0 Å². The van der Waals surface area contributed by atoms with Gasteiger partial charge in [-0.3, -0.25) is 0 Å². The SMILES string of the molecule is Cc1ccc(S(=O)(=O)N[C@H](CCOC(=O)c2ccc(S(=O)(=O)N(C)C)cc2)c2ccccc2)cc1. The van der Waals surface area contributed by atoms with Crippen molar-refractivity contribution < 1.29 is 26.4 Å². The van der Waals surface area contributed by atoms with E-state index in [-0.39, 0.29) is 28.4 Å². The lowest BCUT2D eigenvalue weighted by Crippen LogP contribution is -2.30. The number of aryl methyl sites for hydroxylation is 1. The summed E-state index contributed by atoms with van der Waals surface area (Å²) in [7, 11) is -4.56. The van der Waals surface area contributed by atoms with Gasteiger partial charge in [-0.2, -0.15) is 0 Å². The number of benzene rings is 3. The fourth-order valence-electron chi connectivity index (χ4n) is 3.28. The molecule has 0 saturated carbocycles. The van der Waals surface area contributed by atoms with Gasteiger partial charge < -0.3 is 4.74 Å². The summed E-state index contributed by atoms with van der Waals surface area (Å²) >= 11 is 0. The average Bonchev–Trinajstić information content (AvgIpc) is 2.84. The molecule has 0 fully saturated rings. The molecule has 0 aromatic heterocycles. The molecular formula is C25H28N2O6S2. The predicted molar refractivity (Wildman–Crippen MR) is 133 cm³/mol. The summed E-state index contributed by atoms with van der Waals surface area (Å²) in [6.07, 6.45) is 0.202. The molecule has 1 N–H and O–H groups in total. The van der Waals surface area contributed by atoms with Gasteiger partial charge in [0.1, 0.15) is 0 Å². The minimum absolute atomic E-state index is 0.0490. The predicted octanol–water partition coefficient (Wildman–Crippen LogP) is 3.51. The van der Waals surface area contributed by atoms with Gasteiger partial charge in [0, 0.05) is 20.5 Å². The topological polar surface area (TPSA) is 110 Å². The van der Waals surface area contributed by atoms with E-state index in [2.05, 4.69) is 4.72 Å². The number of hydrogen-bond donors (Lipinski definition) is 1. The van der Waals surface area contributed by atoms with Crippen LogP contribution in [-0.2, 0) is 24.8 Å². The Hall–Kier alpha value is -3.05. The van der Waals surface area contributed by atoms with Crippen LogP contribution in [0, 0.1) is 6.92 Å². The lowest BCUT2D eigenvalue weighted by atomic mass is 10.1. The number of carbonyl (C=O) groups excluding carboxylic acids is 1. The lowest BCUT2D eigenvalue weighted by molar-refractivity contribution is 0.0492. The number of nitrogens with one attached hydrogen (secondary N) is 1. The summed E-state index contributed by atoms with van der Waals surface area (Å²) in [5.41, 5.74) is 1.87. The highest BCUT2D eigenvalue weighted by Crippen LogP contribution is 2.21. The fourth-order valence-corrected chi connectivity index (χ4v) is 5.44. The Morgan fingerprint density at radius 1 is 0.857 bits per heavy atom. The van der Waals surface area contributed by atoms with Crippen LogP contribution < -0.4 is 4.72 Å². The van der Waals surface area contributed by atoms with Gasteiger partial charge >= 0.3 is 5.97 Å². The number of carbonyl (C=O) groups is 1. The normalized spacial score (nSPS) is 12.9. The van der Waals surface area contributed by atoms with E-state index in [1.54, 1.807) is 48.5 Å². The number of nitrogens with zero attached hydrogens (tertiary/aromatic N) is 1. The van der Waals surface area contributed by atoms with E-state index in [9.17, 15) is 21.6 Å². The Morgan fingerprint density at radius 3 is 2.00 bits per heavy atom. The molecule has 3 aromatic carbocycles. The molecular weight excluding hydrogens is 488 g/mol. The van der Waals surface area contributed by atoms with E-state index < -0.39 is 32.1 Å². The molecule has 3 rings (SSSR count). The number of rotatable bonds is 10. The van der Waals surface area contributed by atoms with Crippen LogP contribution in [0.4, 0.5) is 0 Å². The van der Waals surface area contributed by atoms with Crippen molar-refractivity contribution in [3.05, 3.63) is 95.6 Å². The van der Waals surface area contributed by atoms with Crippen molar-refractivity contribution in [1.82, 2.24) is 9.03 Å². The second-order valence-corrected chi connectivity index (χ2v) is 12.0. The van der Waals surface area contributed by atoms with Crippen molar-refractivity contribution in [3.8, 4) is 0 Å². The zero-order valence-corrected chi connectivity index (χ0v) is 21.3. The summed E-state index contributed by atoms with van der Waals surface area (Å²) in [6, 6.07) is 20.4. The van der Waals surface area contributed by atoms with Crippen molar-refractivity contribution in [2.45, 2.75) is 29.2 Å². The Kier molecular flexibility index (Phi) is 8.44. The minimum atomic E-state index is -3.80. The third kappa shape index (κ3) is 6.76. The van der Waals surface area contributed by atoms with Gasteiger partial charge in [-0.05, 0) is 48.9 Å². The third-order valence-corrected chi connectivity index (χ3v) is 8.66. The first-order chi connectivity index (χ1) is 16.5. The van der Waals surface area contributed by atoms with Crippen LogP contribution in [0.5, 0.6) is 0 Å². The van der Waals surface area contributed by atoms with Gasteiger partial charge in [0.05, 0.1) is 28.0 Å². The number of hydrogen-bond acceptors (Lipinski definition) is 6. The molecule has 3 aromatic rings. The lowest BCUT2D eigenvalue weighted by Gasteiger charge is -2.19. The van der Waals surface area contributed by atoms with E-state index in [0.29, 0.717) is 0 Å². The van der Waals surface area contributed by atoms with Crippen LogP contribution in [0.25, 0.3) is 0 Å². The maximum absolute atomic E-state index is 12.9. The van der Waals surface area contributed by atoms with E-state index in [1.165, 1.54) is 38.4 Å². The first kappa shape index (κ1) is 26.6. The first-order valence-electron chi connectivity index (χ1n) is 10.8. The van der Waals surface area contributed by atoms with E-state index in [0.717, 1.165) is 15.4 Å². The number of sulfonamides is 2. The van der Waals surface area contributed by atoms with Gasteiger partial charge in [0.25, 0.3) is 0 Å². The van der Waals surface area contributed by atoms with E-state index >= 15 is 0 Å². The fraction of sp³-hybridized carbons (Fsp3) is 0.240. The van der Waals surface area contributed by atoms with Gasteiger partial charge in [0.2, 0.25) is 20.0 Å². The highest BCUT2D eigenvalue weighted by molar-refractivity contribution is 7.89.